The molecule has 0 heterocycles. The fourth-order valence-electron chi connectivity index (χ4n) is 2.18. The Morgan fingerprint density at radius 1 is 1.00 bits per heavy atom. The van der Waals surface area contributed by atoms with Crippen molar-refractivity contribution in [2.24, 2.45) is 5.92 Å². The molecule has 0 aliphatic carbocycles. The van der Waals surface area contributed by atoms with Gasteiger partial charge in [-0.3, -0.25) is 4.79 Å². The van der Waals surface area contributed by atoms with Crippen molar-refractivity contribution in [2.45, 2.75) is 39.6 Å². The SMILES string of the molecule is CC(C)C(O)CC(=O)Nc1ccc(COCc2ccccc2)cc1. The molecule has 1 unspecified atom stereocenters. The molecule has 0 aliphatic heterocycles. The highest BCUT2D eigenvalue weighted by Crippen LogP contribution is 2.13. The Morgan fingerprint density at radius 3 is 2.17 bits per heavy atom. The summed E-state index contributed by atoms with van der Waals surface area (Å²) in [5.41, 5.74) is 2.92. The van der Waals surface area contributed by atoms with E-state index < -0.39 is 6.10 Å². The molecule has 4 heteroatoms. The number of carbonyl (C=O) groups excluding carboxylic acids is 1. The number of carbonyl (C=O) groups is 1. The van der Waals surface area contributed by atoms with E-state index >= 15 is 0 Å². The van der Waals surface area contributed by atoms with Crippen LogP contribution in [0.4, 0.5) is 5.69 Å². The Kier molecular flexibility index (Phi) is 6.97. The number of benzene rings is 2. The molecule has 0 radical (unpaired) electrons. The van der Waals surface area contributed by atoms with E-state index in [0.29, 0.717) is 13.2 Å². The number of anilines is 1. The smallest absolute Gasteiger partial charge is 0.226 e. The third kappa shape index (κ3) is 6.14. The Balaban J connectivity index is 1.77. The van der Waals surface area contributed by atoms with Gasteiger partial charge in [0.25, 0.3) is 0 Å². The summed E-state index contributed by atoms with van der Waals surface area (Å²) in [6.45, 7) is 4.88. The van der Waals surface area contributed by atoms with Crippen molar-refractivity contribution < 1.29 is 14.6 Å². The predicted octanol–water partition coefficient (Wildman–Crippen LogP) is 3.75. The van der Waals surface area contributed by atoms with Crippen LogP contribution in [0.1, 0.15) is 31.4 Å². The standard InChI is InChI=1S/C20H25NO3/c1-15(2)19(22)12-20(23)21-18-10-8-17(9-11-18)14-24-13-16-6-4-3-5-7-16/h3-11,15,19,22H,12-14H2,1-2H3,(H,21,23). The summed E-state index contributed by atoms with van der Waals surface area (Å²) in [5.74, 6) is -0.107. The third-order valence-corrected chi connectivity index (χ3v) is 3.78. The molecule has 1 amide bonds. The van der Waals surface area contributed by atoms with Crippen LogP contribution in [0.25, 0.3) is 0 Å². The zero-order valence-corrected chi connectivity index (χ0v) is 14.2. The quantitative estimate of drug-likeness (QED) is 0.776. The summed E-state index contributed by atoms with van der Waals surface area (Å²) in [6, 6.07) is 17.6. The van der Waals surface area contributed by atoms with Crippen LogP contribution in [0, 0.1) is 5.92 Å². The molecule has 0 aromatic heterocycles. The summed E-state index contributed by atoms with van der Waals surface area (Å²) in [6.07, 6.45) is -0.504. The van der Waals surface area contributed by atoms with E-state index in [4.69, 9.17) is 4.74 Å². The maximum absolute atomic E-state index is 11.8. The Hall–Kier alpha value is -2.17. The first-order valence-corrected chi connectivity index (χ1v) is 8.23. The van der Waals surface area contributed by atoms with Gasteiger partial charge in [0.15, 0.2) is 0 Å². The number of hydrogen-bond acceptors (Lipinski definition) is 3. The van der Waals surface area contributed by atoms with E-state index in [-0.39, 0.29) is 18.2 Å². The molecule has 0 aliphatic rings. The van der Waals surface area contributed by atoms with E-state index in [2.05, 4.69) is 5.32 Å². The van der Waals surface area contributed by atoms with Crippen molar-refractivity contribution in [3.05, 3.63) is 65.7 Å². The highest BCUT2D eigenvalue weighted by molar-refractivity contribution is 5.91. The van der Waals surface area contributed by atoms with Crippen LogP contribution in [0.3, 0.4) is 0 Å². The monoisotopic (exact) mass is 327 g/mol. The normalized spacial score (nSPS) is 12.2. The van der Waals surface area contributed by atoms with Crippen LogP contribution in [0.15, 0.2) is 54.6 Å². The number of amides is 1. The van der Waals surface area contributed by atoms with E-state index in [9.17, 15) is 9.90 Å². The van der Waals surface area contributed by atoms with Gasteiger partial charge in [-0.25, -0.2) is 0 Å². The minimum Gasteiger partial charge on any atom is -0.392 e. The van der Waals surface area contributed by atoms with Crippen molar-refractivity contribution in [3.63, 3.8) is 0 Å². The van der Waals surface area contributed by atoms with Crippen LogP contribution < -0.4 is 5.32 Å². The maximum Gasteiger partial charge on any atom is 0.226 e. The van der Waals surface area contributed by atoms with Gasteiger partial charge in [-0.05, 0) is 29.2 Å². The van der Waals surface area contributed by atoms with Crippen LogP contribution in [-0.2, 0) is 22.7 Å². The lowest BCUT2D eigenvalue weighted by molar-refractivity contribution is -0.118. The largest absolute Gasteiger partial charge is 0.392 e. The molecule has 2 N–H and O–H groups in total. The highest BCUT2D eigenvalue weighted by Gasteiger charge is 2.14. The van der Waals surface area contributed by atoms with E-state index in [1.54, 1.807) is 0 Å². The van der Waals surface area contributed by atoms with Crippen molar-refractivity contribution >= 4 is 11.6 Å². The average Bonchev–Trinajstić information content (AvgIpc) is 2.57. The van der Waals surface area contributed by atoms with Crippen molar-refractivity contribution in [3.8, 4) is 0 Å². The van der Waals surface area contributed by atoms with E-state index in [0.717, 1.165) is 16.8 Å². The van der Waals surface area contributed by atoms with E-state index in [1.807, 2.05) is 68.4 Å². The zero-order chi connectivity index (χ0) is 17.4. The molecular formula is C20H25NO3. The molecule has 2 aromatic rings. The molecule has 0 fully saturated rings. The second kappa shape index (κ2) is 9.21. The van der Waals surface area contributed by atoms with Gasteiger partial charge in [0, 0.05) is 5.69 Å². The lowest BCUT2D eigenvalue weighted by Crippen LogP contribution is -2.23. The summed E-state index contributed by atoms with van der Waals surface area (Å²) < 4.78 is 5.69. The lowest BCUT2D eigenvalue weighted by atomic mass is 10.0. The fourth-order valence-corrected chi connectivity index (χ4v) is 2.18. The molecule has 4 nitrogen and oxygen atoms in total. The highest BCUT2D eigenvalue weighted by atomic mass is 16.5. The van der Waals surface area contributed by atoms with Crippen LogP contribution in [0.2, 0.25) is 0 Å². The molecule has 24 heavy (non-hydrogen) atoms. The number of aliphatic hydroxyl groups is 1. The van der Waals surface area contributed by atoms with Gasteiger partial charge in [0.05, 0.1) is 25.7 Å². The van der Waals surface area contributed by atoms with Crippen molar-refractivity contribution in [1.82, 2.24) is 0 Å². The van der Waals surface area contributed by atoms with Crippen LogP contribution in [0.5, 0.6) is 0 Å². The van der Waals surface area contributed by atoms with E-state index in [1.165, 1.54) is 0 Å². The Morgan fingerprint density at radius 2 is 1.58 bits per heavy atom. The molecule has 1 atom stereocenters. The molecule has 0 spiro atoms. The first kappa shape index (κ1) is 18.2. The number of hydrogen-bond donors (Lipinski definition) is 2. The summed E-state index contributed by atoms with van der Waals surface area (Å²) in [5, 5.41) is 12.5. The Bertz CT molecular complexity index is 623. The van der Waals surface area contributed by atoms with Crippen LogP contribution in [-0.4, -0.2) is 17.1 Å². The minimum atomic E-state index is -0.615. The number of nitrogens with one attached hydrogen (secondary N) is 1. The van der Waals surface area contributed by atoms with Gasteiger partial charge >= 0.3 is 0 Å². The third-order valence-electron chi connectivity index (χ3n) is 3.78. The molecule has 2 aromatic carbocycles. The molecule has 2 rings (SSSR count). The maximum atomic E-state index is 11.8. The average molecular weight is 327 g/mol. The second-order valence-electron chi connectivity index (χ2n) is 6.24. The first-order chi connectivity index (χ1) is 11.5. The first-order valence-electron chi connectivity index (χ1n) is 8.23. The summed E-state index contributed by atoms with van der Waals surface area (Å²) in [4.78, 5) is 11.8. The number of aliphatic hydroxyl groups excluding tert-OH is 1. The molecular weight excluding hydrogens is 302 g/mol. The Labute approximate surface area is 143 Å². The van der Waals surface area contributed by atoms with Crippen LogP contribution >= 0.6 is 0 Å². The second-order valence-corrected chi connectivity index (χ2v) is 6.24. The molecule has 0 bridgehead atoms. The molecule has 128 valence electrons. The van der Waals surface area contributed by atoms with Gasteiger partial charge in [-0.2, -0.15) is 0 Å². The lowest BCUT2D eigenvalue weighted by Gasteiger charge is -2.14. The number of rotatable bonds is 8. The van der Waals surface area contributed by atoms with Gasteiger partial charge in [-0.15, -0.1) is 0 Å². The zero-order valence-electron chi connectivity index (χ0n) is 14.2. The molecule has 0 saturated heterocycles. The molecule has 0 saturated carbocycles. The van der Waals surface area contributed by atoms with Gasteiger partial charge in [0.2, 0.25) is 5.91 Å². The van der Waals surface area contributed by atoms with Crippen molar-refractivity contribution in [2.75, 3.05) is 5.32 Å². The summed E-state index contributed by atoms with van der Waals surface area (Å²) in [7, 11) is 0. The van der Waals surface area contributed by atoms with Crippen molar-refractivity contribution in [1.29, 1.82) is 0 Å². The minimum absolute atomic E-state index is 0.0693. The topological polar surface area (TPSA) is 58.6 Å². The van der Waals surface area contributed by atoms with Gasteiger partial charge < -0.3 is 15.2 Å². The van der Waals surface area contributed by atoms with Gasteiger partial charge in [0.1, 0.15) is 0 Å². The predicted molar refractivity (Wildman–Crippen MR) is 95.5 cm³/mol. The van der Waals surface area contributed by atoms with Gasteiger partial charge in [-0.1, -0.05) is 56.3 Å². The fraction of sp³-hybridized carbons (Fsp3) is 0.350. The summed E-state index contributed by atoms with van der Waals surface area (Å²) >= 11 is 0. The number of ether oxygens (including phenoxy) is 1.